The number of amides is 2. The molecule has 1 aliphatic heterocycles. The van der Waals surface area contributed by atoms with Crippen molar-refractivity contribution in [1.82, 2.24) is 14.8 Å². The molecule has 1 atom stereocenters. The summed E-state index contributed by atoms with van der Waals surface area (Å²) in [5.74, 6) is 0.250. The summed E-state index contributed by atoms with van der Waals surface area (Å²) < 4.78 is 5.36. The van der Waals surface area contributed by atoms with Gasteiger partial charge in [-0.1, -0.05) is 18.2 Å². The molecule has 5 rings (SSSR count). The van der Waals surface area contributed by atoms with Crippen LogP contribution in [0.2, 0.25) is 0 Å². The molecule has 1 aromatic heterocycles. The molecule has 0 spiro atoms. The van der Waals surface area contributed by atoms with Gasteiger partial charge in [0.1, 0.15) is 5.75 Å². The zero-order valence-corrected chi connectivity index (χ0v) is 19.6. The van der Waals surface area contributed by atoms with Crippen molar-refractivity contribution in [2.24, 2.45) is 5.73 Å². The monoisotopic (exact) mass is 456 g/mol. The first-order chi connectivity index (χ1) is 16.4. The Hall–Kier alpha value is -3.84. The summed E-state index contributed by atoms with van der Waals surface area (Å²) in [6.07, 6.45) is 0.975. The van der Waals surface area contributed by atoms with Crippen molar-refractivity contribution in [3.8, 4) is 16.9 Å². The number of ether oxygens (including phenoxy) is 1. The van der Waals surface area contributed by atoms with Gasteiger partial charge in [0.2, 0.25) is 0 Å². The van der Waals surface area contributed by atoms with Crippen LogP contribution >= 0.6 is 0 Å². The Kier molecular flexibility index (Phi) is 5.49. The van der Waals surface area contributed by atoms with Crippen LogP contribution in [0, 0.1) is 0 Å². The normalized spacial score (nSPS) is 16.0. The van der Waals surface area contributed by atoms with E-state index in [4.69, 9.17) is 10.5 Å². The van der Waals surface area contributed by atoms with Gasteiger partial charge in [-0.05, 0) is 68.0 Å². The van der Waals surface area contributed by atoms with Crippen molar-refractivity contribution >= 4 is 33.6 Å². The highest BCUT2D eigenvalue weighted by Gasteiger charge is 2.28. The Balaban J connectivity index is 1.59. The van der Waals surface area contributed by atoms with E-state index in [1.165, 1.54) is 0 Å². The molecule has 34 heavy (non-hydrogen) atoms. The van der Waals surface area contributed by atoms with Gasteiger partial charge in [-0.25, -0.2) is 0 Å². The number of likely N-dealkylation sites (N-methyl/N-ethyl adjacent to an activating group) is 1. The highest BCUT2D eigenvalue weighted by molar-refractivity contribution is 6.17. The second-order valence-electron chi connectivity index (χ2n) is 9.09. The number of carbonyl (C=O) groups excluding carboxylic acids is 2. The maximum Gasteiger partial charge on any atom is 0.253 e. The number of benzene rings is 3. The summed E-state index contributed by atoms with van der Waals surface area (Å²) in [4.78, 5) is 32.9. The van der Waals surface area contributed by atoms with E-state index in [1.54, 1.807) is 13.2 Å². The van der Waals surface area contributed by atoms with E-state index in [0.717, 1.165) is 52.7 Å². The minimum absolute atomic E-state index is 0.0251. The molecule has 2 heterocycles. The Morgan fingerprint density at radius 3 is 2.59 bits per heavy atom. The van der Waals surface area contributed by atoms with E-state index in [2.05, 4.69) is 9.88 Å². The van der Waals surface area contributed by atoms with Crippen LogP contribution in [0.3, 0.4) is 0 Å². The lowest BCUT2D eigenvalue weighted by Crippen LogP contribution is -2.34. The first-order valence-electron chi connectivity index (χ1n) is 11.3. The van der Waals surface area contributed by atoms with Crippen molar-refractivity contribution in [3.63, 3.8) is 0 Å². The highest BCUT2D eigenvalue weighted by Crippen LogP contribution is 2.34. The Bertz CT molecular complexity index is 1420. The van der Waals surface area contributed by atoms with E-state index < -0.39 is 5.91 Å². The lowest BCUT2D eigenvalue weighted by atomic mass is 9.98. The molecule has 4 aromatic rings. The van der Waals surface area contributed by atoms with Gasteiger partial charge in [0.15, 0.2) is 0 Å². The smallest absolute Gasteiger partial charge is 0.253 e. The van der Waals surface area contributed by atoms with E-state index in [9.17, 15) is 9.59 Å². The third-order valence-electron chi connectivity index (χ3n) is 6.80. The second kappa shape index (κ2) is 8.50. The van der Waals surface area contributed by atoms with Gasteiger partial charge in [0, 0.05) is 41.0 Å². The van der Waals surface area contributed by atoms with E-state index >= 15 is 0 Å². The summed E-state index contributed by atoms with van der Waals surface area (Å²) in [6.45, 7) is 1.48. The number of hydrogen-bond acceptors (Lipinski definition) is 4. The van der Waals surface area contributed by atoms with Crippen LogP contribution in [0.25, 0.3) is 32.9 Å². The SMILES string of the molecule is COc1cccc(-c2cc(C(N)=O)c3[nH]c4cc(C(=O)N5CC[C@@H](N(C)C)C5)ccc4c3c2)c1. The number of rotatable bonds is 5. The maximum atomic E-state index is 13.2. The molecule has 2 amide bonds. The maximum absolute atomic E-state index is 13.2. The second-order valence-corrected chi connectivity index (χ2v) is 9.09. The fourth-order valence-electron chi connectivity index (χ4n) is 4.83. The van der Waals surface area contributed by atoms with Gasteiger partial charge in [-0.2, -0.15) is 0 Å². The Morgan fingerprint density at radius 2 is 1.88 bits per heavy atom. The first kappa shape index (κ1) is 22.0. The third-order valence-corrected chi connectivity index (χ3v) is 6.80. The number of hydrogen-bond donors (Lipinski definition) is 2. The minimum Gasteiger partial charge on any atom is -0.497 e. The summed E-state index contributed by atoms with van der Waals surface area (Å²) in [6, 6.07) is 17.6. The van der Waals surface area contributed by atoms with E-state index in [1.807, 2.05) is 67.5 Å². The zero-order valence-electron chi connectivity index (χ0n) is 19.6. The average molecular weight is 457 g/mol. The van der Waals surface area contributed by atoms with Crippen molar-refractivity contribution < 1.29 is 14.3 Å². The predicted octanol–water partition coefficient (Wildman–Crippen LogP) is 3.87. The molecule has 7 nitrogen and oxygen atoms in total. The molecule has 1 fully saturated rings. The molecular weight excluding hydrogens is 428 g/mol. The number of nitrogens with zero attached hydrogens (tertiary/aromatic N) is 2. The van der Waals surface area contributed by atoms with E-state index in [0.29, 0.717) is 22.7 Å². The lowest BCUT2D eigenvalue weighted by Gasteiger charge is -2.20. The fourth-order valence-corrected chi connectivity index (χ4v) is 4.83. The molecule has 174 valence electrons. The summed E-state index contributed by atoms with van der Waals surface area (Å²) in [7, 11) is 5.72. The van der Waals surface area contributed by atoms with Gasteiger partial charge >= 0.3 is 0 Å². The van der Waals surface area contributed by atoms with Crippen molar-refractivity contribution in [1.29, 1.82) is 0 Å². The fraction of sp³-hybridized carbons (Fsp3) is 0.259. The van der Waals surface area contributed by atoms with Gasteiger partial charge in [-0.3, -0.25) is 9.59 Å². The number of nitrogens with one attached hydrogen (secondary N) is 1. The third kappa shape index (κ3) is 3.78. The zero-order chi connectivity index (χ0) is 24.0. The number of H-pyrrole nitrogens is 1. The van der Waals surface area contributed by atoms with Crippen LogP contribution < -0.4 is 10.5 Å². The molecular formula is C27H28N4O3. The van der Waals surface area contributed by atoms with Crippen LogP contribution in [0.5, 0.6) is 5.75 Å². The number of nitrogens with two attached hydrogens (primary N) is 1. The van der Waals surface area contributed by atoms with Gasteiger partial charge in [0.25, 0.3) is 11.8 Å². The molecule has 0 bridgehead atoms. The molecule has 0 saturated carbocycles. The van der Waals surface area contributed by atoms with Gasteiger partial charge in [0.05, 0.1) is 18.2 Å². The standard InChI is InChI=1S/C27H28N4O3/c1-30(2)19-9-10-31(15-19)27(33)17-7-8-21-22-12-18(16-5-4-6-20(11-16)34-3)13-23(26(28)32)25(22)29-24(21)14-17/h4-8,11-14,19,29H,9-10,15H2,1-3H3,(H2,28,32)/t19-/m1/s1. The molecule has 1 aliphatic rings. The quantitative estimate of drug-likeness (QED) is 0.477. The molecule has 3 N–H and O–H groups in total. The van der Waals surface area contributed by atoms with Crippen molar-refractivity contribution in [3.05, 3.63) is 65.7 Å². The first-order valence-corrected chi connectivity index (χ1v) is 11.3. The summed E-state index contributed by atoms with van der Waals surface area (Å²) in [5.41, 5.74) is 10.1. The Morgan fingerprint density at radius 1 is 1.06 bits per heavy atom. The molecule has 7 heteroatoms. The number of fused-ring (bicyclic) bond motifs is 3. The molecule has 1 saturated heterocycles. The summed E-state index contributed by atoms with van der Waals surface area (Å²) >= 11 is 0. The number of aromatic nitrogens is 1. The summed E-state index contributed by atoms with van der Waals surface area (Å²) in [5, 5.41) is 1.82. The number of aromatic amines is 1. The molecule has 0 radical (unpaired) electrons. The van der Waals surface area contributed by atoms with Crippen molar-refractivity contribution in [2.75, 3.05) is 34.3 Å². The molecule has 0 aliphatic carbocycles. The predicted molar refractivity (Wildman–Crippen MR) is 134 cm³/mol. The van der Waals surface area contributed by atoms with Crippen LogP contribution in [-0.2, 0) is 0 Å². The van der Waals surface area contributed by atoms with Crippen LogP contribution in [0.15, 0.2) is 54.6 Å². The van der Waals surface area contributed by atoms with Crippen LogP contribution in [0.4, 0.5) is 0 Å². The Labute approximate surface area is 198 Å². The van der Waals surface area contributed by atoms with Crippen LogP contribution in [0.1, 0.15) is 27.1 Å². The highest BCUT2D eigenvalue weighted by atomic mass is 16.5. The number of likely N-dealkylation sites (tertiary alicyclic amines) is 1. The number of primary amides is 1. The van der Waals surface area contributed by atoms with Crippen LogP contribution in [-0.4, -0.2) is 66.9 Å². The minimum atomic E-state index is -0.510. The number of carbonyl (C=O) groups is 2. The molecule has 3 aromatic carbocycles. The van der Waals surface area contributed by atoms with Gasteiger partial charge < -0.3 is 25.3 Å². The topological polar surface area (TPSA) is 91.7 Å². The lowest BCUT2D eigenvalue weighted by molar-refractivity contribution is 0.0783. The molecule has 0 unspecified atom stereocenters. The largest absolute Gasteiger partial charge is 0.497 e. The van der Waals surface area contributed by atoms with E-state index in [-0.39, 0.29) is 5.91 Å². The average Bonchev–Trinajstić information content (AvgIpc) is 3.48. The van der Waals surface area contributed by atoms with Crippen molar-refractivity contribution in [2.45, 2.75) is 12.5 Å². The van der Waals surface area contributed by atoms with Gasteiger partial charge in [-0.15, -0.1) is 0 Å². The number of methoxy groups -OCH3 is 1.